The zero-order valence-electron chi connectivity index (χ0n) is 18.2. The summed E-state index contributed by atoms with van der Waals surface area (Å²) in [5, 5.41) is 0. The van der Waals surface area contributed by atoms with Crippen LogP contribution in [-0.2, 0) is 12.8 Å². The van der Waals surface area contributed by atoms with E-state index in [9.17, 15) is 4.79 Å². The van der Waals surface area contributed by atoms with E-state index in [0.29, 0.717) is 0 Å². The minimum Gasteiger partial charge on any atom is -0.359 e. The maximum absolute atomic E-state index is 13.0. The third-order valence-electron chi connectivity index (χ3n) is 6.05. The molecule has 3 aromatic rings. The topological polar surface area (TPSA) is 40.9 Å². The molecule has 0 unspecified atom stereocenters. The summed E-state index contributed by atoms with van der Waals surface area (Å²) in [6, 6.07) is 14.5. The van der Waals surface area contributed by atoms with Gasteiger partial charge >= 0.3 is 0 Å². The molecule has 1 aliphatic heterocycles. The molecule has 0 bridgehead atoms. The summed E-state index contributed by atoms with van der Waals surface area (Å²) in [5.74, 6) is 1.25. The monoisotopic (exact) mass is 404 g/mol. The second-order valence-corrected chi connectivity index (χ2v) is 8.25. The largest absolute Gasteiger partial charge is 0.359 e. The fourth-order valence-corrected chi connectivity index (χ4v) is 4.40. The summed E-state index contributed by atoms with van der Waals surface area (Å²) in [4.78, 5) is 22.1. The predicted molar refractivity (Wildman–Crippen MR) is 122 cm³/mol. The third kappa shape index (κ3) is 4.35. The van der Waals surface area contributed by atoms with E-state index in [4.69, 9.17) is 4.98 Å². The first kappa shape index (κ1) is 20.5. The van der Waals surface area contributed by atoms with E-state index >= 15 is 0 Å². The zero-order valence-corrected chi connectivity index (χ0v) is 18.2. The fraction of sp³-hybridized carbons (Fsp3) is 0.440. The van der Waals surface area contributed by atoms with Gasteiger partial charge in [-0.05, 0) is 56.2 Å². The molecule has 0 atom stereocenters. The summed E-state index contributed by atoms with van der Waals surface area (Å²) < 4.78 is 2.11. The third-order valence-corrected chi connectivity index (χ3v) is 6.05. The van der Waals surface area contributed by atoms with Gasteiger partial charge < -0.3 is 9.80 Å². The van der Waals surface area contributed by atoms with Gasteiger partial charge in [0, 0.05) is 32.9 Å². The zero-order chi connectivity index (χ0) is 20.9. The number of nitrogens with zero attached hydrogens (tertiary/aromatic N) is 4. The van der Waals surface area contributed by atoms with E-state index in [1.165, 1.54) is 12.0 Å². The maximum atomic E-state index is 13.0. The van der Waals surface area contributed by atoms with Crippen molar-refractivity contribution in [3.8, 4) is 0 Å². The van der Waals surface area contributed by atoms with Crippen molar-refractivity contribution in [2.24, 2.45) is 0 Å². The number of hydrogen-bond acceptors (Lipinski definition) is 3. The van der Waals surface area contributed by atoms with Crippen molar-refractivity contribution in [2.45, 2.75) is 45.4 Å². The number of aromatic nitrogens is 2. The summed E-state index contributed by atoms with van der Waals surface area (Å²) in [5.41, 5.74) is 4.12. The quantitative estimate of drug-likeness (QED) is 0.578. The average molecular weight is 405 g/mol. The molecule has 1 saturated heterocycles. The SMILES string of the molecule is CCc1nc2ccc(C(=O)N3CCCCC3)cn2c1N(C)CCCc1ccccc1. The number of aryl methyl sites for hydroxylation is 2. The van der Waals surface area contributed by atoms with Gasteiger partial charge in [0.15, 0.2) is 0 Å². The lowest BCUT2D eigenvalue weighted by molar-refractivity contribution is 0.0724. The minimum absolute atomic E-state index is 0.140. The maximum Gasteiger partial charge on any atom is 0.255 e. The van der Waals surface area contributed by atoms with Crippen LogP contribution in [0.4, 0.5) is 5.82 Å². The van der Waals surface area contributed by atoms with Crippen molar-refractivity contribution >= 4 is 17.4 Å². The first-order chi connectivity index (χ1) is 14.7. The number of amides is 1. The number of carbonyl (C=O) groups excluding carboxylic acids is 1. The van der Waals surface area contributed by atoms with E-state index in [-0.39, 0.29) is 5.91 Å². The molecule has 0 radical (unpaired) electrons. The number of imidazole rings is 1. The molecule has 0 N–H and O–H groups in total. The van der Waals surface area contributed by atoms with E-state index in [0.717, 1.165) is 74.5 Å². The number of benzene rings is 1. The Kier molecular flexibility index (Phi) is 6.36. The van der Waals surface area contributed by atoms with Crippen LogP contribution >= 0.6 is 0 Å². The number of carbonyl (C=O) groups is 1. The van der Waals surface area contributed by atoms with E-state index in [1.54, 1.807) is 0 Å². The molecular formula is C25H32N4O. The van der Waals surface area contributed by atoms with Crippen molar-refractivity contribution in [3.63, 3.8) is 0 Å². The standard InChI is InChI=1S/C25H32N4O/c1-3-22-24(27(2)16-10-13-20-11-6-4-7-12-20)29-19-21(14-15-23(29)26-22)25(30)28-17-8-5-9-18-28/h4,6-7,11-12,14-15,19H,3,5,8-10,13,16-18H2,1-2H3. The van der Waals surface area contributed by atoms with Crippen molar-refractivity contribution < 1.29 is 4.79 Å². The van der Waals surface area contributed by atoms with Crippen LogP contribution < -0.4 is 4.90 Å². The van der Waals surface area contributed by atoms with Gasteiger partial charge in [-0.15, -0.1) is 0 Å². The first-order valence-corrected chi connectivity index (χ1v) is 11.2. The number of pyridine rings is 1. The number of hydrogen-bond donors (Lipinski definition) is 0. The lowest BCUT2D eigenvalue weighted by Gasteiger charge is -2.27. The van der Waals surface area contributed by atoms with Gasteiger partial charge in [0.1, 0.15) is 11.5 Å². The molecule has 0 saturated carbocycles. The van der Waals surface area contributed by atoms with Gasteiger partial charge in [-0.2, -0.15) is 0 Å². The fourth-order valence-electron chi connectivity index (χ4n) is 4.40. The minimum atomic E-state index is 0.140. The lowest BCUT2D eigenvalue weighted by atomic mass is 10.1. The average Bonchev–Trinajstić information content (AvgIpc) is 3.17. The molecule has 3 heterocycles. The van der Waals surface area contributed by atoms with Crippen molar-refractivity contribution in [3.05, 3.63) is 65.5 Å². The Hall–Kier alpha value is -2.82. The van der Waals surface area contributed by atoms with Crippen molar-refractivity contribution in [1.82, 2.24) is 14.3 Å². The highest BCUT2D eigenvalue weighted by molar-refractivity contribution is 5.94. The molecule has 5 heteroatoms. The predicted octanol–water partition coefficient (Wildman–Crippen LogP) is 4.59. The molecule has 5 nitrogen and oxygen atoms in total. The summed E-state index contributed by atoms with van der Waals surface area (Å²) in [6.07, 6.45) is 8.42. The number of piperidine rings is 1. The number of anilines is 1. The molecule has 0 spiro atoms. The van der Waals surface area contributed by atoms with Crippen LogP contribution in [0.3, 0.4) is 0 Å². The summed E-state index contributed by atoms with van der Waals surface area (Å²) >= 11 is 0. The normalized spacial score (nSPS) is 14.3. The number of likely N-dealkylation sites (tertiary alicyclic amines) is 1. The highest BCUT2D eigenvalue weighted by Gasteiger charge is 2.21. The molecule has 1 aliphatic rings. The Labute approximate surface area is 179 Å². The molecule has 1 fully saturated rings. The highest BCUT2D eigenvalue weighted by atomic mass is 16.2. The first-order valence-electron chi connectivity index (χ1n) is 11.2. The van der Waals surface area contributed by atoms with Crippen LogP contribution in [-0.4, -0.2) is 46.9 Å². The Bertz CT molecular complexity index is 989. The Morgan fingerprint density at radius 2 is 1.83 bits per heavy atom. The molecule has 2 aromatic heterocycles. The number of fused-ring (bicyclic) bond motifs is 1. The van der Waals surface area contributed by atoms with E-state index < -0.39 is 0 Å². The van der Waals surface area contributed by atoms with Crippen molar-refractivity contribution in [2.75, 3.05) is 31.6 Å². The van der Waals surface area contributed by atoms with Crippen LogP contribution in [0.15, 0.2) is 48.7 Å². The van der Waals surface area contributed by atoms with Crippen LogP contribution in [0.2, 0.25) is 0 Å². The molecular weight excluding hydrogens is 372 g/mol. The molecule has 1 amide bonds. The number of rotatable bonds is 7. The van der Waals surface area contributed by atoms with Crippen molar-refractivity contribution in [1.29, 1.82) is 0 Å². The smallest absolute Gasteiger partial charge is 0.255 e. The summed E-state index contributed by atoms with van der Waals surface area (Å²) in [6.45, 7) is 4.82. The Balaban J connectivity index is 1.55. The second-order valence-electron chi connectivity index (χ2n) is 8.25. The molecule has 158 valence electrons. The Morgan fingerprint density at radius 3 is 2.57 bits per heavy atom. The van der Waals surface area contributed by atoms with Crippen LogP contribution in [0.25, 0.3) is 5.65 Å². The van der Waals surface area contributed by atoms with Crippen LogP contribution in [0.5, 0.6) is 0 Å². The van der Waals surface area contributed by atoms with Gasteiger partial charge in [-0.1, -0.05) is 37.3 Å². The lowest BCUT2D eigenvalue weighted by Crippen LogP contribution is -2.35. The molecule has 30 heavy (non-hydrogen) atoms. The highest BCUT2D eigenvalue weighted by Crippen LogP contribution is 2.24. The van der Waals surface area contributed by atoms with Crippen LogP contribution in [0, 0.1) is 0 Å². The van der Waals surface area contributed by atoms with Gasteiger partial charge in [-0.3, -0.25) is 9.20 Å². The Morgan fingerprint density at radius 1 is 1.07 bits per heavy atom. The second kappa shape index (κ2) is 9.33. The molecule has 0 aliphatic carbocycles. The molecule has 4 rings (SSSR count). The van der Waals surface area contributed by atoms with Gasteiger partial charge in [0.2, 0.25) is 0 Å². The van der Waals surface area contributed by atoms with Crippen LogP contribution in [0.1, 0.15) is 54.2 Å². The van der Waals surface area contributed by atoms with E-state index in [1.807, 2.05) is 23.2 Å². The van der Waals surface area contributed by atoms with Gasteiger partial charge in [0.05, 0.1) is 11.3 Å². The van der Waals surface area contributed by atoms with Gasteiger partial charge in [0.25, 0.3) is 5.91 Å². The summed E-state index contributed by atoms with van der Waals surface area (Å²) in [7, 11) is 2.13. The van der Waals surface area contributed by atoms with E-state index in [2.05, 4.69) is 53.6 Å². The molecule has 1 aromatic carbocycles. The van der Waals surface area contributed by atoms with Gasteiger partial charge in [-0.25, -0.2) is 4.98 Å².